The molecule has 9 heavy (non-hydrogen) atoms. The molecule has 1 heterocycles. The smallest absolute Gasteiger partial charge is 0.129 e. The first-order valence-corrected chi connectivity index (χ1v) is 2.73. The van der Waals surface area contributed by atoms with Crippen molar-refractivity contribution in [3.05, 3.63) is 17.5 Å². The molecule has 1 rings (SSSR count). The number of methoxy groups -OCH3 is 1. The highest BCUT2D eigenvalue weighted by Gasteiger charge is 1.99. The first-order valence-electron chi connectivity index (χ1n) is 2.73. The summed E-state index contributed by atoms with van der Waals surface area (Å²) in [6.07, 6.45) is 1.60. The zero-order valence-corrected chi connectivity index (χ0v) is 5.55. The molecule has 0 amide bonds. The Morgan fingerprint density at radius 1 is 1.78 bits per heavy atom. The minimum Gasteiger partial charge on any atom is -0.380 e. The summed E-state index contributed by atoms with van der Waals surface area (Å²) in [6.45, 7) is 2.47. The molecule has 1 aromatic rings. The van der Waals surface area contributed by atoms with Crippen LogP contribution in [0.3, 0.4) is 0 Å². The van der Waals surface area contributed by atoms with Gasteiger partial charge in [0.2, 0.25) is 0 Å². The standard InChI is InChI=1S/C6H9NO2/c1-5-6(3-8-2)4-9-7-5/h4H,3H2,1-2H3. The Morgan fingerprint density at radius 3 is 3.00 bits per heavy atom. The fourth-order valence-electron chi connectivity index (χ4n) is 0.607. The molecule has 0 atom stereocenters. The van der Waals surface area contributed by atoms with E-state index in [0.29, 0.717) is 6.61 Å². The van der Waals surface area contributed by atoms with Gasteiger partial charge in [-0.15, -0.1) is 0 Å². The summed E-state index contributed by atoms with van der Waals surface area (Å²) in [7, 11) is 1.65. The third-order valence-corrected chi connectivity index (χ3v) is 1.15. The first-order chi connectivity index (χ1) is 4.34. The highest BCUT2D eigenvalue weighted by Crippen LogP contribution is 2.04. The molecule has 0 aliphatic carbocycles. The van der Waals surface area contributed by atoms with E-state index < -0.39 is 0 Å². The Bertz CT molecular complexity index is 183. The molecule has 0 radical (unpaired) electrons. The van der Waals surface area contributed by atoms with Gasteiger partial charge in [0, 0.05) is 12.7 Å². The number of ether oxygens (including phenoxy) is 1. The van der Waals surface area contributed by atoms with Crippen molar-refractivity contribution in [2.24, 2.45) is 0 Å². The van der Waals surface area contributed by atoms with Crippen molar-refractivity contribution in [1.82, 2.24) is 5.16 Å². The Hall–Kier alpha value is -0.830. The molecule has 0 spiro atoms. The highest BCUT2D eigenvalue weighted by atomic mass is 16.5. The van der Waals surface area contributed by atoms with Gasteiger partial charge in [-0.3, -0.25) is 0 Å². The Labute approximate surface area is 53.6 Å². The van der Waals surface area contributed by atoms with Gasteiger partial charge in [0.1, 0.15) is 6.26 Å². The SMILES string of the molecule is COCc1conc1C. The molecule has 0 bridgehead atoms. The summed E-state index contributed by atoms with van der Waals surface area (Å²) in [6, 6.07) is 0. The Morgan fingerprint density at radius 2 is 2.56 bits per heavy atom. The van der Waals surface area contributed by atoms with E-state index in [1.165, 1.54) is 0 Å². The van der Waals surface area contributed by atoms with E-state index in [0.717, 1.165) is 11.3 Å². The number of rotatable bonds is 2. The molecule has 0 aliphatic rings. The predicted molar refractivity (Wildman–Crippen MR) is 32.0 cm³/mol. The molecule has 0 saturated heterocycles. The second kappa shape index (κ2) is 2.64. The maximum absolute atomic E-state index is 4.87. The van der Waals surface area contributed by atoms with Crippen LogP contribution in [-0.2, 0) is 11.3 Å². The van der Waals surface area contributed by atoms with Crippen molar-refractivity contribution in [2.75, 3.05) is 7.11 Å². The molecule has 3 nitrogen and oxygen atoms in total. The lowest BCUT2D eigenvalue weighted by molar-refractivity contribution is 0.184. The molecular formula is C6H9NO2. The van der Waals surface area contributed by atoms with Gasteiger partial charge >= 0.3 is 0 Å². The molecule has 3 heteroatoms. The third-order valence-electron chi connectivity index (χ3n) is 1.15. The lowest BCUT2D eigenvalue weighted by Crippen LogP contribution is -1.86. The molecule has 50 valence electrons. The van der Waals surface area contributed by atoms with Crippen molar-refractivity contribution in [1.29, 1.82) is 0 Å². The molecule has 0 N–H and O–H groups in total. The second-order valence-electron chi connectivity index (χ2n) is 1.86. The van der Waals surface area contributed by atoms with Crippen LogP contribution < -0.4 is 0 Å². The van der Waals surface area contributed by atoms with Gasteiger partial charge in [-0.25, -0.2) is 0 Å². The minimum absolute atomic E-state index is 0.579. The summed E-state index contributed by atoms with van der Waals surface area (Å²) in [4.78, 5) is 0. The zero-order chi connectivity index (χ0) is 6.69. The van der Waals surface area contributed by atoms with Crippen LogP contribution in [0, 0.1) is 6.92 Å². The van der Waals surface area contributed by atoms with Gasteiger partial charge in [-0.05, 0) is 6.92 Å². The zero-order valence-electron chi connectivity index (χ0n) is 5.55. The van der Waals surface area contributed by atoms with Gasteiger partial charge in [-0.2, -0.15) is 0 Å². The largest absolute Gasteiger partial charge is 0.380 e. The number of aromatic nitrogens is 1. The lowest BCUT2D eigenvalue weighted by atomic mass is 10.3. The van der Waals surface area contributed by atoms with Crippen LogP contribution in [0.1, 0.15) is 11.3 Å². The van der Waals surface area contributed by atoms with Crippen LogP contribution in [0.2, 0.25) is 0 Å². The van der Waals surface area contributed by atoms with E-state index in [9.17, 15) is 0 Å². The number of aryl methyl sites for hydroxylation is 1. The van der Waals surface area contributed by atoms with Crippen molar-refractivity contribution in [3.8, 4) is 0 Å². The fourth-order valence-corrected chi connectivity index (χ4v) is 0.607. The number of nitrogens with zero attached hydrogens (tertiary/aromatic N) is 1. The summed E-state index contributed by atoms with van der Waals surface area (Å²) < 4.78 is 9.53. The third kappa shape index (κ3) is 1.29. The maximum Gasteiger partial charge on any atom is 0.129 e. The lowest BCUT2D eigenvalue weighted by Gasteiger charge is -1.91. The van der Waals surface area contributed by atoms with Crippen molar-refractivity contribution >= 4 is 0 Å². The van der Waals surface area contributed by atoms with Crippen LogP contribution in [0.4, 0.5) is 0 Å². The molecule has 1 aromatic heterocycles. The van der Waals surface area contributed by atoms with E-state index in [1.807, 2.05) is 6.92 Å². The minimum atomic E-state index is 0.579. The number of hydrogen-bond acceptors (Lipinski definition) is 3. The average molecular weight is 127 g/mol. The Balaban J connectivity index is 2.69. The van der Waals surface area contributed by atoms with Gasteiger partial charge in [0.15, 0.2) is 0 Å². The van der Waals surface area contributed by atoms with E-state index in [2.05, 4.69) is 9.68 Å². The fraction of sp³-hybridized carbons (Fsp3) is 0.500. The Kier molecular flexibility index (Phi) is 1.85. The van der Waals surface area contributed by atoms with Crippen molar-refractivity contribution in [2.45, 2.75) is 13.5 Å². The maximum atomic E-state index is 4.87. The predicted octanol–water partition coefficient (Wildman–Crippen LogP) is 1.13. The van der Waals surface area contributed by atoms with Crippen LogP contribution >= 0.6 is 0 Å². The molecule has 0 saturated carbocycles. The topological polar surface area (TPSA) is 35.3 Å². The molecule has 0 fully saturated rings. The summed E-state index contributed by atoms with van der Waals surface area (Å²) >= 11 is 0. The van der Waals surface area contributed by atoms with Crippen molar-refractivity contribution in [3.63, 3.8) is 0 Å². The molecule has 0 aromatic carbocycles. The number of hydrogen-bond donors (Lipinski definition) is 0. The van der Waals surface area contributed by atoms with Crippen molar-refractivity contribution < 1.29 is 9.26 Å². The monoisotopic (exact) mass is 127 g/mol. The summed E-state index contributed by atoms with van der Waals surface area (Å²) in [5.41, 5.74) is 1.91. The second-order valence-corrected chi connectivity index (χ2v) is 1.86. The van der Waals surface area contributed by atoms with E-state index >= 15 is 0 Å². The van der Waals surface area contributed by atoms with Crippen LogP contribution in [0.5, 0.6) is 0 Å². The van der Waals surface area contributed by atoms with Gasteiger partial charge in [0.25, 0.3) is 0 Å². The van der Waals surface area contributed by atoms with E-state index in [-0.39, 0.29) is 0 Å². The van der Waals surface area contributed by atoms with E-state index in [1.54, 1.807) is 13.4 Å². The molecule has 0 aliphatic heterocycles. The summed E-state index contributed by atoms with van der Waals surface area (Å²) in [5.74, 6) is 0. The first kappa shape index (κ1) is 6.29. The van der Waals surface area contributed by atoms with Crippen LogP contribution in [-0.4, -0.2) is 12.3 Å². The van der Waals surface area contributed by atoms with Crippen LogP contribution in [0.15, 0.2) is 10.8 Å². The van der Waals surface area contributed by atoms with E-state index in [4.69, 9.17) is 4.74 Å². The normalized spacial score (nSPS) is 10.0. The summed E-state index contributed by atoms with van der Waals surface area (Å²) in [5, 5.41) is 3.68. The van der Waals surface area contributed by atoms with Crippen LogP contribution in [0.25, 0.3) is 0 Å². The van der Waals surface area contributed by atoms with Gasteiger partial charge in [0.05, 0.1) is 12.3 Å². The molecule has 0 unspecified atom stereocenters. The van der Waals surface area contributed by atoms with Gasteiger partial charge < -0.3 is 9.26 Å². The quantitative estimate of drug-likeness (QED) is 0.597. The average Bonchev–Trinajstić information content (AvgIpc) is 2.18. The van der Waals surface area contributed by atoms with Gasteiger partial charge in [-0.1, -0.05) is 5.16 Å². The molecular weight excluding hydrogens is 118 g/mol. The highest BCUT2D eigenvalue weighted by molar-refractivity contribution is 5.10.